The van der Waals surface area contributed by atoms with Gasteiger partial charge in [-0.25, -0.2) is 0 Å². The molecule has 0 aliphatic rings. The fourth-order valence-electron chi connectivity index (χ4n) is 2.13. The van der Waals surface area contributed by atoms with Gasteiger partial charge in [0.1, 0.15) is 13.2 Å². The van der Waals surface area contributed by atoms with Gasteiger partial charge in [-0.2, -0.15) is 0 Å². The van der Waals surface area contributed by atoms with E-state index in [4.69, 9.17) is 18.9 Å². The van der Waals surface area contributed by atoms with Crippen molar-refractivity contribution in [1.82, 2.24) is 9.80 Å². The van der Waals surface area contributed by atoms with Crippen molar-refractivity contribution in [2.75, 3.05) is 66.7 Å². The Kier molecular flexibility index (Phi) is 16.0. The maximum atomic E-state index is 11.7. The summed E-state index contributed by atoms with van der Waals surface area (Å²) >= 11 is 0. The fourth-order valence-corrected chi connectivity index (χ4v) is 2.13. The molecule has 0 saturated carbocycles. The second-order valence-electron chi connectivity index (χ2n) is 7.39. The van der Waals surface area contributed by atoms with Crippen molar-refractivity contribution in [2.45, 2.75) is 52.7 Å². The van der Waals surface area contributed by atoms with E-state index in [1.54, 1.807) is 0 Å². The summed E-state index contributed by atoms with van der Waals surface area (Å²) in [7, 11) is 3.87. The summed E-state index contributed by atoms with van der Waals surface area (Å²) < 4.78 is 21.1. The predicted molar refractivity (Wildman–Crippen MR) is 108 cm³/mol. The van der Waals surface area contributed by atoms with Crippen molar-refractivity contribution in [3.05, 3.63) is 0 Å². The topological polar surface area (TPSA) is 77.5 Å². The highest BCUT2D eigenvalue weighted by atomic mass is 16.6. The quantitative estimate of drug-likeness (QED) is 0.267. The van der Waals surface area contributed by atoms with Crippen LogP contribution in [0.5, 0.6) is 0 Å². The Hall–Kier alpha value is -1.22. The summed E-state index contributed by atoms with van der Waals surface area (Å²) in [6.07, 6.45) is 1.02. The van der Waals surface area contributed by atoms with Gasteiger partial charge in [0.05, 0.1) is 38.3 Å². The molecule has 8 nitrogen and oxygen atoms in total. The normalized spacial score (nSPS) is 11.6. The molecule has 166 valence electrons. The first-order valence-electron chi connectivity index (χ1n) is 10.1. The van der Waals surface area contributed by atoms with Crippen molar-refractivity contribution >= 4 is 11.9 Å². The Morgan fingerprint density at radius 3 is 1.32 bits per heavy atom. The van der Waals surface area contributed by atoms with Gasteiger partial charge in [-0.05, 0) is 41.8 Å². The van der Waals surface area contributed by atoms with Gasteiger partial charge in [0.15, 0.2) is 0 Å². The van der Waals surface area contributed by atoms with Crippen LogP contribution in [-0.2, 0) is 28.5 Å². The van der Waals surface area contributed by atoms with E-state index in [9.17, 15) is 9.59 Å². The third kappa shape index (κ3) is 18.2. The summed E-state index contributed by atoms with van der Waals surface area (Å²) in [4.78, 5) is 27.4. The van der Waals surface area contributed by atoms with Crippen LogP contribution in [0.4, 0.5) is 0 Å². The molecule has 0 radical (unpaired) electrons. The molecule has 0 bridgehead atoms. The standard InChI is InChI=1S/C20H40N2O6/c1-17(2)25-13-11-21(5)9-7-19(23)27-15-16-28-20(24)8-10-22(6)12-14-26-18(3)4/h17-18H,7-16H2,1-6H3. The summed E-state index contributed by atoms with van der Waals surface area (Å²) in [6, 6.07) is 0. The second kappa shape index (κ2) is 16.7. The molecule has 28 heavy (non-hydrogen) atoms. The maximum Gasteiger partial charge on any atom is 0.307 e. The van der Waals surface area contributed by atoms with Crippen LogP contribution in [0.25, 0.3) is 0 Å². The third-order valence-corrected chi connectivity index (χ3v) is 3.85. The number of rotatable bonds is 17. The Morgan fingerprint density at radius 1 is 0.643 bits per heavy atom. The van der Waals surface area contributed by atoms with Crippen LogP contribution in [-0.4, -0.2) is 101 Å². The molecule has 0 unspecified atom stereocenters. The molecule has 0 atom stereocenters. The Morgan fingerprint density at radius 2 is 1.00 bits per heavy atom. The summed E-state index contributed by atoms with van der Waals surface area (Å²) in [5, 5.41) is 0. The van der Waals surface area contributed by atoms with Gasteiger partial charge >= 0.3 is 11.9 Å². The molecule has 0 N–H and O–H groups in total. The molecular formula is C20H40N2O6. The molecule has 0 saturated heterocycles. The van der Waals surface area contributed by atoms with Gasteiger partial charge in [-0.3, -0.25) is 9.59 Å². The SMILES string of the molecule is CC(C)OCCN(C)CCC(=O)OCCOC(=O)CCN(C)CCOC(C)C. The minimum Gasteiger partial charge on any atom is -0.462 e. The fraction of sp³-hybridized carbons (Fsp3) is 0.900. The van der Waals surface area contributed by atoms with E-state index in [-0.39, 0.29) is 37.4 Å². The zero-order chi connectivity index (χ0) is 21.4. The van der Waals surface area contributed by atoms with E-state index in [0.29, 0.717) is 39.1 Å². The monoisotopic (exact) mass is 404 g/mol. The second-order valence-corrected chi connectivity index (χ2v) is 7.39. The average Bonchev–Trinajstić information content (AvgIpc) is 2.61. The molecule has 0 fully saturated rings. The number of carbonyl (C=O) groups excluding carboxylic acids is 2. The van der Waals surface area contributed by atoms with Crippen molar-refractivity contribution < 1.29 is 28.5 Å². The molecule has 0 aliphatic carbocycles. The van der Waals surface area contributed by atoms with Crippen molar-refractivity contribution in [3.8, 4) is 0 Å². The first-order valence-corrected chi connectivity index (χ1v) is 10.1. The van der Waals surface area contributed by atoms with Crippen LogP contribution in [0.15, 0.2) is 0 Å². The van der Waals surface area contributed by atoms with E-state index < -0.39 is 0 Å². The third-order valence-electron chi connectivity index (χ3n) is 3.85. The number of carbonyl (C=O) groups is 2. The molecule has 8 heteroatoms. The van der Waals surface area contributed by atoms with Crippen LogP contribution in [0.2, 0.25) is 0 Å². The number of hydrogen-bond acceptors (Lipinski definition) is 8. The zero-order valence-electron chi connectivity index (χ0n) is 18.6. The molecule has 0 amide bonds. The van der Waals surface area contributed by atoms with E-state index in [2.05, 4.69) is 0 Å². The van der Waals surface area contributed by atoms with Crippen molar-refractivity contribution in [1.29, 1.82) is 0 Å². The molecule has 0 aromatic heterocycles. The Balaban J connectivity index is 3.61. The lowest BCUT2D eigenvalue weighted by Crippen LogP contribution is -2.28. The molecule has 0 rings (SSSR count). The molecule has 0 heterocycles. The van der Waals surface area contributed by atoms with Gasteiger partial charge in [0.2, 0.25) is 0 Å². The number of nitrogens with zero attached hydrogens (tertiary/aromatic N) is 2. The van der Waals surface area contributed by atoms with Crippen LogP contribution in [0.1, 0.15) is 40.5 Å². The summed E-state index contributed by atoms with van der Waals surface area (Å²) in [5.41, 5.74) is 0. The van der Waals surface area contributed by atoms with Gasteiger partial charge in [0.25, 0.3) is 0 Å². The molecule has 0 aromatic carbocycles. The lowest BCUT2D eigenvalue weighted by atomic mass is 10.4. The van der Waals surface area contributed by atoms with E-state index in [1.807, 2.05) is 51.6 Å². The van der Waals surface area contributed by atoms with Gasteiger partial charge < -0.3 is 28.7 Å². The van der Waals surface area contributed by atoms with E-state index in [1.165, 1.54) is 0 Å². The molecule has 0 aliphatic heterocycles. The zero-order valence-corrected chi connectivity index (χ0v) is 18.6. The Labute approximate surface area is 170 Å². The highest BCUT2D eigenvalue weighted by molar-refractivity contribution is 5.70. The van der Waals surface area contributed by atoms with E-state index in [0.717, 1.165) is 13.1 Å². The number of likely N-dealkylation sites (N-methyl/N-ethyl adjacent to an activating group) is 2. The lowest BCUT2D eigenvalue weighted by Gasteiger charge is -2.17. The number of ether oxygens (including phenoxy) is 4. The van der Waals surface area contributed by atoms with E-state index >= 15 is 0 Å². The maximum absolute atomic E-state index is 11.7. The van der Waals surface area contributed by atoms with Crippen molar-refractivity contribution in [3.63, 3.8) is 0 Å². The smallest absolute Gasteiger partial charge is 0.307 e. The first kappa shape index (κ1) is 26.8. The van der Waals surface area contributed by atoms with Crippen LogP contribution < -0.4 is 0 Å². The largest absolute Gasteiger partial charge is 0.462 e. The van der Waals surface area contributed by atoms with Crippen molar-refractivity contribution in [2.24, 2.45) is 0 Å². The highest BCUT2D eigenvalue weighted by Crippen LogP contribution is 1.96. The van der Waals surface area contributed by atoms with Gasteiger partial charge in [-0.1, -0.05) is 0 Å². The van der Waals surface area contributed by atoms with Crippen LogP contribution in [0.3, 0.4) is 0 Å². The average molecular weight is 405 g/mol. The summed E-state index contributed by atoms with van der Waals surface area (Å²) in [6.45, 7) is 12.2. The Bertz CT molecular complexity index is 380. The number of hydrogen-bond donors (Lipinski definition) is 0. The first-order chi connectivity index (χ1) is 13.2. The van der Waals surface area contributed by atoms with Crippen LogP contribution >= 0.6 is 0 Å². The predicted octanol–water partition coefficient (Wildman–Crippen LogP) is 1.57. The minimum atomic E-state index is -0.294. The van der Waals surface area contributed by atoms with Crippen LogP contribution in [0, 0.1) is 0 Å². The molecular weight excluding hydrogens is 364 g/mol. The molecule has 0 aromatic rings. The number of esters is 2. The molecule has 0 spiro atoms. The lowest BCUT2D eigenvalue weighted by molar-refractivity contribution is -0.152. The summed E-state index contributed by atoms with van der Waals surface area (Å²) in [5.74, 6) is -0.588. The highest BCUT2D eigenvalue weighted by Gasteiger charge is 2.09. The van der Waals surface area contributed by atoms with Gasteiger partial charge in [0, 0.05) is 26.2 Å². The van der Waals surface area contributed by atoms with Gasteiger partial charge in [-0.15, -0.1) is 0 Å². The minimum absolute atomic E-state index is 0.0861.